The predicted octanol–water partition coefficient (Wildman–Crippen LogP) is 1.47. The van der Waals surface area contributed by atoms with Gasteiger partial charge in [0.2, 0.25) is 15.9 Å². The van der Waals surface area contributed by atoms with Crippen molar-refractivity contribution in [1.29, 1.82) is 5.26 Å². The molecule has 0 aromatic heterocycles. The molecule has 0 saturated carbocycles. The van der Waals surface area contributed by atoms with E-state index in [0.717, 1.165) is 0 Å². The second-order valence-corrected chi connectivity index (χ2v) is 6.48. The number of hydrogen-bond donors (Lipinski definition) is 1. The molecule has 0 spiro atoms. The van der Waals surface area contributed by atoms with Gasteiger partial charge in [0.1, 0.15) is 0 Å². The molecular formula is C13H15N3O3S. The van der Waals surface area contributed by atoms with Gasteiger partial charge in [-0.2, -0.15) is 5.26 Å². The number of carbonyl (C=O) groups excluding carboxylic acids is 1. The number of nitrogens with zero attached hydrogens (tertiary/aromatic N) is 2. The van der Waals surface area contributed by atoms with Crippen LogP contribution in [0, 0.1) is 11.3 Å². The number of benzene rings is 1. The Morgan fingerprint density at radius 1 is 1.35 bits per heavy atom. The van der Waals surface area contributed by atoms with Crippen molar-refractivity contribution in [2.24, 2.45) is 0 Å². The highest BCUT2D eigenvalue weighted by Gasteiger charge is 2.27. The summed E-state index contributed by atoms with van der Waals surface area (Å²) in [4.78, 5) is 11.6. The second-order valence-electron chi connectivity index (χ2n) is 4.47. The van der Waals surface area contributed by atoms with Gasteiger partial charge in [-0.05, 0) is 18.6 Å². The van der Waals surface area contributed by atoms with Crippen LogP contribution in [0.5, 0.6) is 0 Å². The number of fused-ring (bicyclic) bond motifs is 1. The number of para-hydroxylation sites is 2. The van der Waals surface area contributed by atoms with Crippen LogP contribution in [-0.2, 0) is 14.8 Å². The van der Waals surface area contributed by atoms with E-state index in [-0.39, 0.29) is 31.0 Å². The molecule has 0 atom stereocenters. The Hall–Kier alpha value is -2.07. The monoisotopic (exact) mass is 293 g/mol. The molecule has 1 aliphatic heterocycles. The van der Waals surface area contributed by atoms with Gasteiger partial charge in [0.25, 0.3) is 0 Å². The first-order valence-corrected chi connectivity index (χ1v) is 7.92. The van der Waals surface area contributed by atoms with E-state index in [1.54, 1.807) is 24.3 Å². The summed E-state index contributed by atoms with van der Waals surface area (Å²) in [7, 11) is -3.53. The van der Waals surface area contributed by atoms with Crippen molar-refractivity contribution in [1.82, 2.24) is 0 Å². The molecule has 0 saturated heterocycles. The van der Waals surface area contributed by atoms with Gasteiger partial charge in [-0.1, -0.05) is 12.1 Å². The number of carbonyl (C=O) groups is 1. The van der Waals surface area contributed by atoms with Crippen molar-refractivity contribution in [2.45, 2.75) is 19.3 Å². The lowest BCUT2D eigenvalue weighted by Crippen LogP contribution is -2.33. The molecule has 1 aromatic rings. The second kappa shape index (κ2) is 5.92. The van der Waals surface area contributed by atoms with Crippen LogP contribution in [0.3, 0.4) is 0 Å². The zero-order chi connectivity index (χ0) is 14.6. The number of nitriles is 1. The Labute approximate surface area is 118 Å². The van der Waals surface area contributed by atoms with E-state index < -0.39 is 10.0 Å². The summed E-state index contributed by atoms with van der Waals surface area (Å²) >= 11 is 0. The lowest BCUT2D eigenvalue weighted by atomic mass is 10.2. The van der Waals surface area contributed by atoms with Crippen molar-refractivity contribution >= 4 is 27.3 Å². The zero-order valence-electron chi connectivity index (χ0n) is 10.9. The lowest BCUT2D eigenvalue weighted by molar-refractivity contribution is -0.115. The molecule has 1 amide bonds. The number of hydrogen-bond acceptors (Lipinski definition) is 4. The van der Waals surface area contributed by atoms with Gasteiger partial charge < -0.3 is 5.32 Å². The highest BCUT2D eigenvalue weighted by molar-refractivity contribution is 7.92. The van der Waals surface area contributed by atoms with Crippen molar-refractivity contribution < 1.29 is 13.2 Å². The molecule has 1 heterocycles. The average Bonchev–Trinajstić information content (AvgIpc) is 2.57. The fourth-order valence-electron chi connectivity index (χ4n) is 2.07. The third kappa shape index (κ3) is 3.08. The molecular weight excluding hydrogens is 278 g/mol. The molecule has 2 rings (SSSR count). The molecule has 0 radical (unpaired) electrons. The van der Waals surface area contributed by atoms with E-state index in [1.807, 2.05) is 6.07 Å². The summed E-state index contributed by atoms with van der Waals surface area (Å²) in [5.74, 6) is -0.296. The van der Waals surface area contributed by atoms with E-state index in [0.29, 0.717) is 17.8 Å². The molecule has 106 valence electrons. The smallest absolute Gasteiger partial charge is 0.235 e. The Morgan fingerprint density at radius 3 is 2.85 bits per heavy atom. The fraction of sp³-hybridized carbons (Fsp3) is 0.385. The van der Waals surface area contributed by atoms with Crippen LogP contribution in [0.2, 0.25) is 0 Å². The third-order valence-electron chi connectivity index (χ3n) is 3.02. The van der Waals surface area contributed by atoms with Crippen LogP contribution in [-0.4, -0.2) is 26.6 Å². The molecule has 0 bridgehead atoms. The summed E-state index contributed by atoms with van der Waals surface area (Å²) < 4.78 is 26.0. The number of anilines is 2. The number of unbranched alkanes of at least 4 members (excludes halogenated alkanes) is 1. The normalized spacial score (nSPS) is 14.9. The van der Waals surface area contributed by atoms with Gasteiger partial charge in [-0.3, -0.25) is 9.10 Å². The topological polar surface area (TPSA) is 90.3 Å². The van der Waals surface area contributed by atoms with Gasteiger partial charge in [0.05, 0.1) is 23.2 Å². The maximum absolute atomic E-state index is 12.4. The van der Waals surface area contributed by atoms with E-state index in [4.69, 9.17) is 5.26 Å². The van der Waals surface area contributed by atoms with Crippen LogP contribution in [0.15, 0.2) is 24.3 Å². The summed E-state index contributed by atoms with van der Waals surface area (Å²) in [6.07, 6.45) is 0.608. The van der Waals surface area contributed by atoms with E-state index in [2.05, 4.69) is 5.32 Å². The van der Waals surface area contributed by atoms with Gasteiger partial charge in [0, 0.05) is 19.4 Å². The Kier molecular flexibility index (Phi) is 4.25. The molecule has 0 unspecified atom stereocenters. The summed E-state index contributed by atoms with van der Waals surface area (Å²) in [5, 5.41) is 11.2. The Balaban J connectivity index is 2.32. The molecule has 6 nitrogen and oxygen atoms in total. The van der Waals surface area contributed by atoms with Crippen molar-refractivity contribution in [3.05, 3.63) is 24.3 Å². The Morgan fingerprint density at radius 2 is 2.10 bits per heavy atom. The number of amides is 1. The average molecular weight is 293 g/mol. The maximum atomic E-state index is 12.4. The predicted molar refractivity (Wildman–Crippen MR) is 75.7 cm³/mol. The number of sulfonamides is 1. The van der Waals surface area contributed by atoms with Crippen LogP contribution in [0.25, 0.3) is 0 Å². The highest BCUT2D eigenvalue weighted by atomic mass is 32.2. The zero-order valence-corrected chi connectivity index (χ0v) is 11.7. The van der Waals surface area contributed by atoms with Crippen LogP contribution >= 0.6 is 0 Å². The summed E-state index contributed by atoms with van der Waals surface area (Å²) in [5.41, 5.74) is 0.981. The minimum Gasteiger partial charge on any atom is -0.324 e. The van der Waals surface area contributed by atoms with Crippen LogP contribution in [0.1, 0.15) is 19.3 Å². The molecule has 20 heavy (non-hydrogen) atoms. The molecule has 7 heteroatoms. The van der Waals surface area contributed by atoms with Crippen LogP contribution in [0.4, 0.5) is 11.4 Å². The van der Waals surface area contributed by atoms with Crippen LogP contribution < -0.4 is 9.62 Å². The fourth-order valence-corrected chi connectivity index (χ4v) is 3.62. The quantitative estimate of drug-likeness (QED) is 0.851. The SMILES string of the molecule is N#CCCCS(=O)(=O)N1CCC(=O)Nc2ccccc21. The van der Waals surface area contributed by atoms with Gasteiger partial charge in [0.15, 0.2) is 0 Å². The Bertz CT molecular complexity index is 649. The summed E-state index contributed by atoms with van der Waals surface area (Å²) in [6.45, 7) is 0.123. The number of rotatable bonds is 4. The third-order valence-corrected chi connectivity index (χ3v) is 4.87. The van der Waals surface area contributed by atoms with E-state index >= 15 is 0 Å². The van der Waals surface area contributed by atoms with Gasteiger partial charge >= 0.3 is 0 Å². The van der Waals surface area contributed by atoms with Gasteiger partial charge in [-0.15, -0.1) is 0 Å². The summed E-state index contributed by atoms with van der Waals surface area (Å²) in [6, 6.07) is 8.75. The molecule has 1 aromatic carbocycles. The largest absolute Gasteiger partial charge is 0.324 e. The highest BCUT2D eigenvalue weighted by Crippen LogP contribution is 2.30. The minimum atomic E-state index is -3.53. The first kappa shape index (κ1) is 14.3. The molecule has 0 fully saturated rings. The number of nitrogens with one attached hydrogen (secondary N) is 1. The van der Waals surface area contributed by atoms with E-state index in [1.165, 1.54) is 4.31 Å². The standard InChI is InChI=1S/C13H15N3O3S/c14-8-3-4-10-20(18,19)16-9-7-13(17)15-11-5-1-2-6-12(11)16/h1-2,5-6H,3-4,7,9-10H2,(H,15,17). The van der Waals surface area contributed by atoms with Crippen molar-refractivity contribution in [3.8, 4) is 6.07 Å². The minimum absolute atomic E-state index is 0.0942. The van der Waals surface area contributed by atoms with E-state index in [9.17, 15) is 13.2 Å². The van der Waals surface area contributed by atoms with Gasteiger partial charge in [-0.25, -0.2) is 8.42 Å². The first-order valence-electron chi connectivity index (χ1n) is 6.31. The molecule has 0 aliphatic carbocycles. The molecule has 1 aliphatic rings. The van der Waals surface area contributed by atoms with Crippen molar-refractivity contribution in [3.63, 3.8) is 0 Å². The lowest BCUT2D eigenvalue weighted by Gasteiger charge is -2.23. The van der Waals surface area contributed by atoms with Crippen molar-refractivity contribution in [2.75, 3.05) is 21.9 Å². The first-order chi connectivity index (χ1) is 9.54. The molecule has 1 N–H and O–H groups in total. The maximum Gasteiger partial charge on any atom is 0.235 e.